The van der Waals surface area contributed by atoms with Crippen molar-refractivity contribution in [1.82, 2.24) is 0 Å². The molecule has 1 atom stereocenters. The Balaban J connectivity index is 4.28. The fourth-order valence-electron chi connectivity index (χ4n) is 0.683. The van der Waals surface area contributed by atoms with Crippen molar-refractivity contribution in [3.63, 3.8) is 0 Å². The number of carbonyl (C=O) groups is 1. The number of nitrogens with two attached hydrogens (primary N) is 1. The summed E-state index contributed by atoms with van der Waals surface area (Å²) in [6.07, 6.45) is -4.00. The van der Waals surface area contributed by atoms with Crippen LogP contribution in [0.1, 0.15) is 13.3 Å². The molecule has 0 spiro atoms. The van der Waals surface area contributed by atoms with Gasteiger partial charge in [0.25, 0.3) is 0 Å². The van der Waals surface area contributed by atoms with Gasteiger partial charge in [-0.1, -0.05) is 0 Å². The largest absolute Gasteiger partial charge is 0.351 e. The normalized spacial score (nSPS) is 16.2. The van der Waals surface area contributed by atoms with Crippen LogP contribution in [0.4, 0.5) is 13.2 Å². The van der Waals surface area contributed by atoms with E-state index in [0.717, 1.165) is 0 Å². The van der Waals surface area contributed by atoms with Crippen molar-refractivity contribution in [2.24, 2.45) is 5.73 Å². The van der Waals surface area contributed by atoms with Gasteiger partial charge in [0.05, 0.1) is 6.42 Å². The minimum absolute atomic E-state index is 0.0983. The maximum absolute atomic E-state index is 12.1. The molecule has 72 valence electrons. The first-order valence-corrected chi connectivity index (χ1v) is 3.33. The molecule has 0 aromatic rings. The number of hydrogen-bond acceptors (Lipinski definition) is 3. The molecular weight excluding hydrogens is 175 g/mol. The van der Waals surface area contributed by atoms with Crippen molar-refractivity contribution in [3.05, 3.63) is 0 Å². The molecule has 0 radical (unpaired) electrons. The van der Waals surface area contributed by atoms with Gasteiger partial charge in [0.1, 0.15) is 0 Å². The maximum atomic E-state index is 12.1. The van der Waals surface area contributed by atoms with E-state index in [-0.39, 0.29) is 6.61 Å². The highest BCUT2D eigenvalue weighted by Gasteiger charge is 2.38. The highest BCUT2D eigenvalue weighted by atomic mass is 19.3. The summed E-state index contributed by atoms with van der Waals surface area (Å²) in [4.78, 5) is 10.1. The average molecular weight is 185 g/mol. The van der Waals surface area contributed by atoms with Crippen LogP contribution in [0.2, 0.25) is 0 Å². The van der Waals surface area contributed by atoms with Crippen LogP contribution in [0.25, 0.3) is 0 Å². The van der Waals surface area contributed by atoms with Gasteiger partial charge >= 0.3 is 6.04 Å². The molecule has 0 amide bonds. The van der Waals surface area contributed by atoms with Crippen molar-refractivity contribution < 1.29 is 22.7 Å². The third kappa shape index (κ3) is 3.19. The predicted molar refractivity (Wildman–Crippen MR) is 35.3 cm³/mol. The van der Waals surface area contributed by atoms with E-state index in [2.05, 4.69) is 4.74 Å². The summed E-state index contributed by atoms with van der Waals surface area (Å²) < 4.78 is 39.9. The fourth-order valence-corrected chi connectivity index (χ4v) is 0.683. The van der Waals surface area contributed by atoms with E-state index in [1.54, 1.807) is 0 Å². The first-order valence-electron chi connectivity index (χ1n) is 3.33. The van der Waals surface area contributed by atoms with Crippen LogP contribution in [-0.4, -0.2) is 24.8 Å². The van der Waals surface area contributed by atoms with Gasteiger partial charge in [-0.15, -0.1) is 0 Å². The van der Waals surface area contributed by atoms with Crippen LogP contribution in [0.15, 0.2) is 0 Å². The van der Waals surface area contributed by atoms with Crippen molar-refractivity contribution in [2.45, 2.75) is 25.5 Å². The first kappa shape index (κ1) is 11.4. The lowest BCUT2D eigenvalue weighted by atomic mass is 10.2. The lowest BCUT2D eigenvalue weighted by Crippen LogP contribution is -2.50. The van der Waals surface area contributed by atoms with Crippen LogP contribution in [-0.2, 0) is 9.53 Å². The van der Waals surface area contributed by atoms with E-state index in [4.69, 9.17) is 5.73 Å². The summed E-state index contributed by atoms with van der Waals surface area (Å²) in [7, 11) is 0. The number of ether oxygens (including phenoxy) is 1. The third-order valence-electron chi connectivity index (χ3n) is 1.19. The molecule has 0 aliphatic rings. The van der Waals surface area contributed by atoms with Gasteiger partial charge in [-0.2, -0.15) is 4.39 Å². The molecule has 0 saturated carbocycles. The summed E-state index contributed by atoms with van der Waals surface area (Å²) in [5.74, 6) is 0. The van der Waals surface area contributed by atoms with Gasteiger partial charge in [-0.05, 0) is 6.92 Å². The molecule has 12 heavy (non-hydrogen) atoms. The molecule has 0 fully saturated rings. The smallest absolute Gasteiger partial charge is 0.347 e. The van der Waals surface area contributed by atoms with Crippen LogP contribution in [0.3, 0.4) is 0 Å². The van der Waals surface area contributed by atoms with Gasteiger partial charge in [0.15, 0.2) is 0 Å². The summed E-state index contributed by atoms with van der Waals surface area (Å²) in [5, 5.41) is 0. The van der Waals surface area contributed by atoms with E-state index in [0.29, 0.717) is 0 Å². The standard InChI is InChI=1S/C6H10F3NO2/c1-2-12-6(10,5(9)11)3-4(7)8/h4H,2-3,10H2,1H3. The first-order chi connectivity index (χ1) is 5.42. The summed E-state index contributed by atoms with van der Waals surface area (Å²) >= 11 is 0. The van der Waals surface area contributed by atoms with E-state index < -0.39 is 24.6 Å². The minimum Gasteiger partial charge on any atom is -0.351 e. The Morgan fingerprint density at radius 3 is 2.42 bits per heavy atom. The molecule has 0 aromatic heterocycles. The highest BCUT2D eigenvalue weighted by Crippen LogP contribution is 2.16. The molecule has 0 aromatic carbocycles. The Kier molecular flexibility index (Phi) is 4.19. The van der Waals surface area contributed by atoms with Crippen molar-refractivity contribution >= 4 is 6.04 Å². The number of rotatable bonds is 5. The van der Waals surface area contributed by atoms with E-state index in [9.17, 15) is 18.0 Å². The van der Waals surface area contributed by atoms with Crippen LogP contribution in [0, 0.1) is 0 Å². The second-order valence-electron chi connectivity index (χ2n) is 2.19. The monoisotopic (exact) mass is 185 g/mol. The Bertz CT molecular complexity index is 165. The zero-order valence-electron chi connectivity index (χ0n) is 6.52. The Hall–Kier alpha value is -0.620. The van der Waals surface area contributed by atoms with Crippen molar-refractivity contribution in [1.29, 1.82) is 0 Å². The quantitative estimate of drug-likeness (QED) is 0.509. The molecular formula is C6H10F3NO2. The van der Waals surface area contributed by atoms with Gasteiger partial charge in [-0.3, -0.25) is 10.5 Å². The third-order valence-corrected chi connectivity index (χ3v) is 1.19. The molecule has 0 aliphatic heterocycles. The molecule has 0 aliphatic carbocycles. The molecule has 0 rings (SSSR count). The summed E-state index contributed by atoms with van der Waals surface area (Å²) in [5.41, 5.74) is 2.44. The Labute approximate surface area is 67.7 Å². The second-order valence-corrected chi connectivity index (χ2v) is 2.19. The molecule has 3 nitrogen and oxygen atoms in total. The van der Waals surface area contributed by atoms with E-state index in [1.807, 2.05) is 0 Å². The van der Waals surface area contributed by atoms with E-state index >= 15 is 0 Å². The van der Waals surface area contributed by atoms with Crippen molar-refractivity contribution in [3.8, 4) is 0 Å². The maximum Gasteiger partial charge on any atom is 0.347 e. The topological polar surface area (TPSA) is 52.3 Å². The second kappa shape index (κ2) is 4.42. The SMILES string of the molecule is CCOC(N)(CC(F)F)C(=O)F. The molecule has 0 saturated heterocycles. The predicted octanol–water partition coefficient (Wildman–Crippen LogP) is 0.829. The minimum atomic E-state index is -2.87. The Morgan fingerprint density at radius 2 is 2.17 bits per heavy atom. The highest BCUT2D eigenvalue weighted by molar-refractivity contribution is 5.77. The fraction of sp³-hybridized carbons (Fsp3) is 0.833. The van der Waals surface area contributed by atoms with Gasteiger partial charge in [0.2, 0.25) is 12.2 Å². The molecule has 2 N–H and O–H groups in total. The summed E-state index contributed by atoms with van der Waals surface area (Å²) in [6, 6.07) is -2.08. The van der Waals surface area contributed by atoms with Crippen LogP contribution in [0.5, 0.6) is 0 Å². The lowest BCUT2D eigenvalue weighted by molar-refractivity contribution is -0.161. The van der Waals surface area contributed by atoms with Crippen molar-refractivity contribution in [2.75, 3.05) is 6.61 Å². The molecule has 0 heterocycles. The average Bonchev–Trinajstić information content (AvgIpc) is 1.85. The van der Waals surface area contributed by atoms with Crippen LogP contribution >= 0.6 is 0 Å². The van der Waals surface area contributed by atoms with E-state index in [1.165, 1.54) is 6.92 Å². The summed E-state index contributed by atoms with van der Waals surface area (Å²) in [6.45, 7) is 1.33. The number of alkyl halides is 2. The van der Waals surface area contributed by atoms with Gasteiger partial charge in [-0.25, -0.2) is 8.78 Å². The van der Waals surface area contributed by atoms with Gasteiger partial charge < -0.3 is 4.74 Å². The lowest BCUT2D eigenvalue weighted by Gasteiger charge is -2.22. The van der Waals surface area contributed by atoms with Gasteiger partial charge in [0, 0.05) is 6.61 Å². The zero-order chi connectivity index (χ0) is 9.78. The molecule has 1 unspecified atom stereocenters. The zero-order valence-corrected chi connectivity index (χ0v) is 6.52. The molecule has 0 bridgehead atoms. The molecule has 6 heteroatoms. The number of halogens is 3. The Morgan fingerprint density at radius 1 is 1.67 bits per heavy atom. The van der Waals surface area contributed by atoms with Crippen LogP contribution < -0.4 is 5.73 Å². The number of carbonyl (C=O) groups excluding carboxylic acids is 1. The number of hydrogen-bond donors (Lipinski definition) is 1.